The number of rotatable bonds is 2. The van der Waals surface area contributed by atoms with E-state index in [1.807, 2.05) is 59.1 Å². The smallest absolute Gasteiger partial charge is 0.256 e. The number of benzene rings is 1. The van der Waals surface area contributed by atoms with Gasteiger partial charge in [-0.05, 0) is 18.2 Å². The number of carbonyl (C=O) groups excluding carboxylic acids is 1. The molecule has 1 aliphatic rings. The van der Waals surface area contributed by atoms with Gasteiger partial charge in [-0.1, -0.05) is 18.2 Å². The molecule has 0 atom stereocenters. The van der Waals surface area contributed by atoms with Gasteiger partial charge in [0, 0.05) is 55.1 Å². The topological polar surface area (TPSA) is 66.8 Å². The number of para-hydroxylation sites is 1. The first-order valence-electron chi connectivity index (χ1n) is 9.02. The van der Waals surface area contributed by atoms with Crippen LogP contribution in [0.25, 0.3) is 22.3 Å². The number of amides is 1. The van der Waals surface area contributed by atoms with Crippen LogP contribution in [0.1, 0.15) is 21.7 Å². The molecule has 1 amide bonds. The Balaban J connectivity index is 1.45. The summed E-state index contributed by atoms with van der Waals surface area (Å²) in [6, 6.07) is 11.9. The molecular formula is C21H19N5O. The van der Waals surface area contributed by atoms with Crippen LogP contribution in [0.15, 0.2) is 55.0 Å². The van der Waals surface area contributed by atoms with Crippen LogP contribution in [0, 0.1) is 0 Å². The van der Waals surface area contributed by atoms with E-state index in [1.54, 1.807) is 12.4 Å². The summed E-state index contributed by atoms with van der Waals surface area (Å²) in [7, 11) is 1.97. The van der Waals surface area contributed by atoms with E-state index in [0.29, 0.717) is 13.1 Å². The van der Waals surface area contributed by atoms with E-state index < -0.39 is 0 Å². The zero-order valence-corrected chi connectivity index (χ0v) is 15.0. The minimum Gasteiger partial charge on any atom is -0.350 e. The Kier molecular flexibility index (Phi) is 3.57. The van der Waals surface area contributed by atoms with Crippen molar-refractivity contribution in [3.63, 3.8) is 0 Å². The SMILES string of the molecule is Cn1cc(C(=O)N2CCc3nc(-c4cccnc4)[nH]c3C2)c2ccccc21. The van der Waals surface area contributed by atoms with Gasteiger partial charge >= 0.3 is 0 Å². The average Bonchev–Trinajstić information content (AvgIpc) is 3.29. The first-order chi connectivity index (χ1) is 13.2. The van der Waals surface area contributed by atoms with E-state index in [2.05, 4.69) is 9.97 Å². The van der Waals surface area contributed by atoms with Crippen LogP contribution < -0.4 is 0 Å². The molecule has 5 rings (SSSR count). The Morgan fingerprint density at radius 1 is 1.19 bits per heavy atom. The molecule has 0 fully saturated rings. The van der Waals surface area contributed by atoms with Gasteiger partial charge in [0.1, 0.15) is 5.82 Å². The Hall–Kier alpha value is -3.41. The van der Waals surface area contributed by atoms with Crippen molar-refractivity contribution in [3.05, 3.63) is 71.9 Å². The lowest BCUT2D eigenvalue weighted by atomic mass is 10.1. The van der Waals surface area contributed by atoms with Crippen LogP contribution in [0.5, 0.6) is 0 Å². The van der Waals surface area contributed by atoms with Crippen LogP contribution in [-0.4, -0.2) is 36.9 Å². The fourth-order valence-corrected chi connectivity index (χ4v) is 3.79. The zero-order valence-electron chi connectivity index (χ0n) is 15.0. The fourth-order valence-electron chi connectivity index (χ4n) is 3.79. The number of carbonyl (C=O) groups is 1. The summed E-state index contributed by atoms with van der Waals surface area (Å²) in [6.45, 7) is 1.22. The van der Waals surface area contributed by atoms with Crippen molar-refractivity contribution in [1.29, 1.82) is 0 Å². The number of pyridine rings is 1. The quantitative estimate of drug-likeness (QED) is 0.599. The van der Waals surface area contributed by atoms with Crippen molar-refractivity contribution in [2.24, 2.45) is 7.05 Å². The van der Waals surface area contributed by atoms with Crippen LogP contribution in [-0.2, 0) is 20.0 Å². The molecule has 0 bridgehead atoms. The molecule has 0 unspecified atom stereocenters. The van der Waals surface area contributed by atoms with Gasteiger partial charge in [0.15, 0.2) is 0 Å². The highest BCUT2D eigenvalue weighted by molar-refractivity contribution is 6.07. The summed E-state index contributed by atoms with van der Waals surface area (Å²) >= 11 is 0. The number of nitrogens with one attached hydrogen (secondary N) is 1. The first-order valence-corrected chi connectivity index (χ1v) is 9.02. The van der Waals surface area contributed by atoms with Gasteiger partial charge in [-0.3, -0.25) is 9.78 Å². The Morgan fingerprint density at radius 2 is 2.07 bits per heavy atom. The average molecular weight is 357 g/mol. The van der Waals surface area contributed by atoms with Crippen molar-refractivity contribution in [2.75, 3.05) is 6.54 Å². The molecule has 134 valence electrons. The van der Waals surface area contributed by atoms with Crippen LogP contribution >= 0.6 is 0 Å². The maximum atomic E-state index is 13.2. The van der Waals surface area contributed by atoms with E-state index in [-0.39, 0.29) is 5.91 Å². The van der Waals surface area contributed by atoms with Gasteiger partial charge in [-0.15, -0.1) is 0 Å². The third-order valence-electron chi connectivity index (χ3n) is 5.18. The predicted molar refractivity (Wildman–Crippen MR) is 103 cm³/mol. The monoisotopic (exact) mass is 357 g/mol. The number of hydrogen-bond acceptors (Lipinski definition) is 3. The van der Waals surface area contributed by atoms with Crippen molar-refractivity contribution in [3.8, 4) is 11.4 Å². The Labute approximate surface area is 156 Å². The van der Waals surface area contributed by atoms with Crippen LogP contribution in [0.3, 0.4) is 0 Å². The molecular weight excluding hydrogens is 338 g/mol. The standard InChI is InChI=1S/C21H19N5O/c1-25-12-16(15-6-2-3-7-19(15)25)21(27)26-10-8-17-18(13-26)24-20(23-17)14-5-4-9-22-11-14/h2-7,9,11-12H,8,10,13H2,1H3,(H,23,24). The second-order valence-electron chi connectivity index (χ2n) is 6.90. The molecule has 0 saturated carbocycles. The normalized spacial score (nSPS) is 13.7. The number of imidazole rings is 1. The number of fused-ring (bicyclic) bond motifs is 2. The summed E-state index contributed by atoms with van der Waals surface area (Å²) in [6.07, 6.45) is 6.22. The number of aromatic nitrogens is 4. The van der Waals surface area contributed by atoms with Crippen LogP contribution in [0.4, 0.5) is 0 Å². The van der Waals surface area contributed by atoms with Crippen molar-refractivity contribution >= 4 is 16.8 Å². The van der Waals surface area contributed by atoms with Crippen molar-refractivity contribution in [1.82, 2.24) is 24.4 Å². The van der Waals surface area contributed by atoms with E-state index in [0.717, 1.165) is 45.7 Å². The lowest BCUT2D eigenvalue weighted by Gasteiger charge is -2.26. The molecule has 0 spiro atoms. The van der Waals surface area contributed by atoms with Gasteiger partial charge in [0.25, 0.3) is 5.91 Å². The first kappa shape index (κ1) is 15.8. The molecule has 1 aliphatic heterocycles. The van der Waals surface area contributed by atoms with Gasteiger partial charge in [0.05, 0.1) is 23.5 Å². The number of H-pyrrole nitrogens is 1. The van der Waals surface area contributed by atoms with Gasteiger partial charge in [-0.25, -0.2) is 4.98 Å². The van der Waals surface area contributed by atoms with Crippen LogP contribution in [0.2, 0.25) is 0 Å². The molecule has 27 heavy (non-hydrogen) atoms. The molecule has 0 saturated heterocycles. The fraction of sp³-hybridized carbons (Fsp3) is 0.190. The molecule has 1 N–H and O–H groups in total. The molecule has 6 nitrogen and oxygen atoms in total. The second-order valence-corrected chi connectivity index (χ2v) is 6.90. The number of aryl methyl sites for hydroxylation is 1. The van der Waals surface area contributed by atoms with Gasteiger partial charge in [-0.2, -0.15) is 0 Å². The van der Waals surface area contributed by atoms with E-state index in [1.165, 1.54) is 0 Å². The zero-order chi connectivity index (χ0) is 18.4. The van der Waals surface area contributed by atoms with Crippen molar-refractivity contribution < 1.29 is 4.79 Å². The summed E-state index contributed by atoms with van der Waals surface area (Å²) < 4.78 is 2.01. The molecule has 1 aromatic carbocycles. The third-order valence-corrected chi connectivity index (χ3v) is 5.18. The number of nitrogens with zero attached hydrogens (tertiary/aromatic N) is 4. The minimum absolute atomic E-state index is 0.0648. The summed E-state index contributed by atoms with van der Waals surface area (Å²) in [5.74, 6) is 0.877. The van der Waals surface area contributed by atoms with E-state index in [4.69, 9.17) is 4.98 Å². The summed E-state index contributed by atoms with van der Waals surface area (Å²) in [4.78, 5) is 27.3. The Morgan fingerprint density at radius 3 is 2.93 bits per heavy atom. The lowest BCUT2D eigenvalue weighted by molar-refractivity contribution is 0.0733. The molecule has 3 aromatic heterocycles. The second kappa shape index (κ2) is 6.09. The highest BCUT2D eigenvalue weighted by Crippen LogP contribution is 2.26. The van der Waals surface area contributed by atoms with E-state index in [9.17, 15) is 4.79 Å². The largest absolute Gasteiger partial charge is 0.350 e. The molecule has 4 heterocycles. The maximum Gasteiger partial charge on any atom is 0.256 e. The molecule has 0 aliphatic carbocycles. The van der Waals surface area contributed by atoms with E-state index >= 15 is 0 Å². The van der Waals surface area contributed by atoms with Gasteiger partial charge in [0.2, 0.25) is 0 Å². The number of hydrogen-bond donors (Lipinski definition) is 1. The highest BCUT2D eigenvalue weighted by Gasteiger charge is 2.26. The summed E-state index contributed by atoms with van der Waals surface area (Å²) in [5, 5.41) is 0.997. The van der Waals surface area contributed by atoms with Gasteiger partial charge < -0.3 is 14.5 Å². The minimum atomic E-state index is 0.0648. The summed E-state index contributed by atoms with van der Waals surface area (Å²) in [5.41, 5.74) is 4.82. The maximum absolute atomic E-state index is 13.2. The predicted octanol–water partition coefficient (Wildman–Crippen LogP) is 3.16. The lowest BCUT2D eigenvalue weighted by Crippen LogP contribution is -2.36. The molecule has 6 heteroatoms. The molecule has 4 aromatic rings. The molecule has 0 radical (unpaired) electrons. The third kappa shape index (κ3) is 2.61. The highest BCUT2D eigenvalue weighted by atomic mass is 16.2. The van der Waals surface area contributed by atoms with Crippen molar-refractivity contribution in [2.45, 2.75) is 13.0 Å². The Bertz CT molecular complexity index is 1140. The number of aromatic amines is 1.